The molecule has 1 saturated heterocycles. The first kappa shape index (κ1) is 29.4. The van der Waals surface area contributed by atoms with Gasteiger partial charge in [0.05, 0.1) is 5.56 Å². The Morgan fingerprint density at radius 3 is 2.59 bits per heavy atom. The minimum absolute atomic E-state index is 0. The zero-order valence-electron chi connectivity index (χ0n) is 22.1. The predicted octanol–water partition coefficient (Wildman–Crippen LogP) is 5.38. The topological polar surface area (TPSA) is 67.2 Å². The van der Waals surface area contributed by atoms with Crippen LogP contribution in [-0.2, 0) is 13.2 Å². The lowest BCUT2D eigenvalue weighted by Crippen LogP contribution is -2.23. The Morgan fingerprint density at radius 1 is 1.15 bits per heavy atom. The number of alkyl halides is 3. The number of likely N-dealkylation sites (tertiary alicyclic amines) is 1. The molecule has 1 aromatic carbocycles. The van der Waals surface area contributed by atoms with Gasteiger partial charge in [0.25, 0.3) is 5.91 Å². The summed E-state index contributed by atoms with van der Waals surface area (Å²) in [6.07, 6.45) is -1.14. The Morgan fingerprint density at radius 2 is 1.90 bits per heavy atom. The summed E-state index contributed by atoms with van der Waals surface area (Å²) >= 11 is 1.65. The summed E-state index contributed by atoms with van der Waals surface area (Å²) in [6.45, 7) is 3.02. The third kappa shape index (κ3) is 6.25. The minimum Gasteiger partial charge on any atom is -0.343 e. The van der Waals surface area contributed by atoms with Crippen LogP contribution in [-0.4, -0.2) is 74.9 Å². The molecule has 1 spiro atoms. The van der Waals surface area contributed by atoms with Crippen molar-refractivity contribution in [1.82, 2.24) is 29.5 Å². The van der Waals surface area contributed by atoms with Crippen LogP contribution in [0, 0.1) is 5.41 Å². The molecule has 0 N–H and O–H groups in total. The van der Waals surface area contributed by atoms with Gasteiger partial charge in [-0.25, -0.2) is 4.98 Å². The van der Waals surface area contributed by atoms with Crippen molar-refractivity contribution in [3.63, 3.8) is 0 Å². The summed E-state index contributed by atoms with van der Waals surface area (Å²) in [7, 11) is 5.29. The molecule has 2 unspecified atom stereocenters. The maximum Gasteiger partial charge on any atom is 0.416 e. The van der Waals surface area contributed by atoms with E-state index in [1.54, 1.807) is 50.1 Å². The zero-order valence-corrected chi connectivity index (χ0v) is 23.7. The van der Waals surface area contributed by atoms with Gasteiger partial charge < -0.3 is 14.4 Å². The van der Waals surface area contributed by atoms with Crippen molar-refractivity contribution in [2.75, 3.05) is 39.5 Å². The molecule has 39 heavy (non-hydrogen) atoms. The fourth-order valence-corrected chi connectivity index (χ4v) is 6.21. The summed E-state index contributed by atoms with van der Waals surface area (Å²) < 4.78 is 40.5. The van der Waals surface area contributed by atoms with Crippen molar-refractivity contribution in [2.45, 2.75) is 36.5 Å². The zero-order chi connectivity index (χ0) is 27.1. The first-order valence-corrected chi connectivity index (χ1v) is 13.7. The average Bonchev–Trinajstić information content (AvgIpc) is 3.23. The van der Waals surface area contributed by atoms with E-state index >= 15 is 0 Å². The summed E-state index contributed by atoms with van der Waals surface area (Å²) in [5, 5.41) is 9.43. The Labute approximate surface area is 236 Å². The van der Waals surface area contributed by atoms with Crippen LogP contribution in [0.2, 0.25) is 0 Å². The first-order chi connectivity index (χ1) is 18.1. The van der Waals surface area contributed by atoms with Crippen LogP contribution >= 0.6 is 24.2 Å². The van der Waals surface area contributed by atoms with Crippen LogP contribution in [0.4, 0.5) is 13.2 Å². The highest BCUT2D eigenvalue weighted by atomic mass is 35.5. The first-order valence-electron chi connectivity index (χ1n) is 12.7. The lowest BCUT2D eigenvalue weighted by atomic mass is 9.97. The van der Waals surface area contributed by atoms with Crippen LogP contribution in [0.5, 0.6) is 0 Å². The van der Waals surface area contributed by atoms with Gasteiger partial charge in [-0.2, -0.15) is 13.2 Å². The van der Waals surface area contributed by atoms with Gasteiger partial charge in [0, 0.05) is 33.4 Å². The normalized spacial score (nSPS) is 20.7. The Bertz CT molecular complexity index is 1320. The Hall–Kier alpha value is -2.63. The van der Waals surface area contributed by atoms with E-state index in [1.807, 2.05) is 17.7 Å². The minimum atomic E-state index is -4.29. The molecule has 5 rings (SSSR count). The lowest BCUT2D eigenvalue weighted by Gasteiger charge is -2.16. The fraction of sp³-hybridized carbons (Fsp3) is 0.481. The highest BCUT2D eigenvalue weighted by Crippen LogP contribution is 2.64. The monoisotopic (exact) mass is 580 g/mol. The molecule has 0 bridgehead atoms. The molecule has 2 atom stereocenters. The molecule has 2 aliphatic rings. The molecular formula is C27H32ClF3N6OS. The fourth-order valence-electron chi connectivity index (χ4n) is 5.37. The molecule has 1 aliphatic heterocycles. The molecule has 3 heterocycles. The molecule has 1 aliphatic carbocycles. The van der Waals surface area contributed by atoms with Crippen molar-refractivity contribution in [1.29, 1.82) is 0 Å². The van der Waals surface area contributed by atoms with E-state index in [0.29, 0.717) is 23.1 Å². The van der Waals surface area contributed by atoms with E-state index in [2.05, 4.69) is 20.1 Å². The highest BCUT2D eigenvalue weighted by molar-refractivity contribution is 7.99. The number of hydrogen-bond donors (Lipinski definition) is 0. The van der Waals surface area contributed by atoms with Gasteiger partial charge >= 0.3 is 6.18 Å². The molecule has 1 amide bonds. The summed E-state index contributed by atoms with van der Waals surface area (Å²) in [6, 6.07) is 11.0. The maximum absolute atomic E-state index is 12.9. The SMILES string of the molecule is CN(C)C(=O)c1cccc(-c2nnc(SCCCN3CCC4(CC4c4ccc(C(F)(F)F)cc4)C3)n2C)n1.Cl. The Balaban J connectivity index is 0.00000353. The van der Waals surface area contributed by atoms with Gasteiger partial charge in [0.2, 0.25) is 0 Å². The second kappa shape index (κ2) is 11.5. The highest BCUT2D eigenvalue weighted by Gasteiger charge is 2.57. The van der Waals surface area contributed by atoms with E-state index in [0.717, 1.165) is 55.4 Å². The number of aromatic nitrogens is 4. The van der Waals surface area contributed by atoms with Gasteiger partial charge in [0.1, 0.15) is 11.4 Å². The predicted molar refractivity (Wildman–Crippen MR) is 147 cm³/mol. The second-order valence-corrected chi connectivity index (χ2v) is 11.5. The Kier molecular flexibility index (Phi) is 8.63. The average molecular weight is 581 g/mol. The number of carbonyl (C=O) groups excluding carboxylic acids is 1. The largest absolute Gasteiger partial charge is 0.416 e. The number of benzene rings is 1. The summed E-state index contributed by atoms with van der Waals surface area (Å²) in [5.41, 5.74) is 1.64. The number of halogens is 4. The quantitative estimate of drug-likeness (QED) is 0.263. The molecule has 2 aromatic heterocycles. The van der Waals surface area contributed by atoms with Crippen LogP contribution < -0.4 is 0 Å². The lowest BCUT2D eigenvalue weighted by molar-refractivity contribution is -0.137. The maximum atomic E-state index is 12.9. The van der Waals surface area contributed by atoms with E-state index < -0.39 is 11.7 Å². The van der Waals surface area contributed by atoms with Gasteiger partial charge in [0.15, 0.2) is 11.0 Å². The number of amides is 1. The molecule has 7 nitrogen and oxygen atoms in total. The molecule has 2 fully saturated rings. The van der Waals surface area contributed by atoms with E-state index in [1.165, 1.54) is 17.0 Å². The van der Waals surface area contributed by atoms with Crippen LogP contribution in [0.3, 0.4) is 0 Å². The van der Waals surface area contributed by atoms with Gasteiger partial charge in [-0.1, -0.05) is 30.0 Å². The smallest absolute Gasteiger partial charge is 0.343 e. The third-order valence-corrected chi connectivity index (χ3v) is 8.69. The van der Waals surface area contributed by atoms with Gasteiger partial charge in [-0.3, -0.25) is 4.79 Å². The van der Waals surface area contributed by atoms with Crippen molar-refractivity contribution in [2.24, 2.45) is 12.5 Å². The molecule has 12 heteroatoms. The van der Waals surface area contributed by atoms with Gasteiger partial charge in [-0.05, 0) is 73.5 Å². The number of pyridine rings is 1. The summed E-state index contributed by atoms with van der Waals surface area (Å²) in [4.78, 5) is 20.7. The van der Waals surface area contributed by atoms with Crippen LogP contribution in [0.15, 0.2) is 47.6 Å². The number of rotatable bonds is 8. The summed E-state index contributed by atoms with van der Waals surface area (Å²) in [5.74, 6) is 1.71. The third-order valence-electron chi connectivity index (χ3n) is 7.58. The molecule has 3 aromatic rings. The van der Waals surface area contributed by atoms with Crippen molar-refractivity contribution < 1.29 is 18.0 Å². The second-order valence-electron chi connectivity index (χ2n) is 10.4. The number of carbonyl (C=O) groups is 1. The molecular weight excluding hydrogens is 549 g/mol. The molecule has 1 saturated carbocycles. The number of thioether (sulfide) groups is 1. The van der Waals surface area contributed by atoms with E-state index in [4.69, 9.17) is 0 Å². The van der Waals surface area contributed by atoms with Crippen LogP contribution in [0.1, 0.15) is 46.8 Å². The van der Waals surface area contributed by atoms with Crippen molar-refractivity contribution in [3.05, 3.63) is 59.3 Å². The molecule has 0 radical (unpaired) electrons. The van der Waals surface area contributed by atoms with Gasteiger partial charge in [-0.15, -0.1) is 22.6 Å². The standard InChI is InChI=1S/C27H31F3N6OS.ClH/c1-34(2)24(37)22-7-4-6-21(31-22)23-32-33-25(35(23)3)38-15-5-13-36-14-12-26(17-36)16-20(26)18-8-10-19(11-9-18)27(28,29)30;/h4,6-11,20H,5,12-17H2,1-3H3;1H. The number of nitrogens with zero attached hydrogens (tertiary/aromatic N) is 6. The van der Waals surface area contributed by atoms with Crippen LogP contribution in [0.25, 0.3) is 11.5 Å². The van der Waals surface area contributed by atoms with E-state index in [-0.39, 0.29) is 23.7 Å². The van der Waals surface area contributed by atoms with Crippen molar-refractivity contribution in [3.8, 4) is 11.5 Å². The van der Waals surface area contributed by atoms with Crippen molar-refractivity contribution >= 4 is 30.1 Å². The molecule has 210 valence electrons. The van der Waals surface area contributed by atoms with E-state index in [9.17, 15) is 18.0 Å². The number of hydrogen-bond acceptors (Lipinski definition) is 6.